The number of ether oxygens (including phenoxy) is 2. The SMILES string of the molecule is COc1cc([C@H]2Nc3ccc4ccccc4c3C3=C2C(=O)C[C@H](c2ccccc2)C3)ccc1OC(=O)c1ccc(C)cc1. The van der Waals surface area contributed by atoms with Crippen molar-refractivity contribution in [3.05, 3.63) is 143 Å². The molecule has 1 heterocycles. The first-order valence-corrected chi connectivity index (χ1v) is 14.6. The number of rotatable bonds is 5. The van der Waals surface area contributed by atoms with E-state index in [9.17, 15) is 9.59 Å². The smallest absolute Gasteiger partial charge is 0.343 e. The molecule has 2 aliphatic rings. The van der Waals surface area contributed by atoms with Crippen molar-refractivity contribution in [1.82, 2.24) is 0 Å². The number of hydrogen-bond acceptors (Lipinski definition) is 5. The zero-order chi connectivity index (χ0) is 29.5. The number of carbonyl (C=O) groups is 2. The Kier molecular flexibility index (Phi) is 6.78. The summed E-state index contributed by atoms with van der Waals surface area (Å²) < 4.78 is 11.4. The molecule has 0 amide bonds. The number of Topliss-reactive ketones (excluding diaryl/α,β-unsaturated/α-hetero) is 1. The highest BCUT2D eigenvalue weighted by Crippen LogP contribution is 2.51. The molecule has 2 atom stereocenters. The Hall–Kier alpha value is -5.16. The molecule has 5 nitrogen and oxygen atoms in total. The molecule has 5 heteroatoms. The zero-order valence-electron chi connectivity index (χ0n) is 24.1. The summed E-state index contributed by atoms with van der Waals surface area (Å²) in [6.45, 7) is 1.97. The number of esters is 1. The summed E-state index contributed by atoms with van der Waals surface area (Å²) in [5.41, 5.74) is 7.56. The minimum absolute atomic E-state index is 0.108. The maximum atomic E-state index is 14.1. The number of carbonyl (C=O) groups excluding carboxylic acids is 2. The molecule has 5 aromatic carbocycles. The minimum atomic E-state index is -0.456. The first-order valence-electron chi connectivity index (χ1n) is 14.6. The van der Waals surface area contributed by atoms with Gasteiger partial charge in [-0.3, -0.25) is 4.79 Å². The largest absolute Gasteiger partial charge is 0.493 e. The van der Waals surface area contributed by atoms with Crippen molar-refractivity contribution in [3.63, 3.8) is 0 Å². The van der Waals surface area contributed by atoms with Crippen molar-refractivity contribution >= 4 is 33.8 Å². The van der Waals surface area contributed by atoms with Crippen LogP contribution >= 0.6 is 0 Å². The van der Waals surface area contributed by atoms with Crippen molar-refractivity contribution < 1.29 is 19.1 Å². The average molecular weight is 566 g/mol. The predicted molar refractivity (Wildman–Crippen MR) is 170 cm³/mol. The van der Waals surface area contributed by atoms with Gasteiger partial charge in [-0.25, -0.2) is 4.79 Å². The molecule has 5 aromatic rings. The number of benzene rings is 5. The second-order valence-electron chi connectivity index (χ2n) is 11.3. The van der Waals surface area contributed by atoms with Crippen LogP contribution in [0.25, 0.3) is 16.3 Å². The molecule has 0 aromatic heterocycles. The number of methoxy groups -OCH3 is 1. The molecule has 1 aliphatic heterocycles. The maximum absolute atomic E-state index is 14.1. The van der Waals surface area contributed by atoms with Gasteiger partial charge >= 0.3 is 5.97 Å². The number of allylic oxidation sites excluding steroid dienone is 1. The first-order chi connectivity index (χ1) is 21.0. The van der Waals surface area contributed by atoms with E-state index in [0.29, 0.717) is 23.5 Å². The van der Waals surface area contributed by atoms with E-state index < -0.39 is 5.97 Å². The normalized spacial score (nSPS) is 17.6. The number of anilines is 1. The van der Waals surface area contributed by atoms with Crippen molar-refractivity contribution in [2.45, 2.75) is 31.7 Å². The molecule has 7 rings (SSSR count). The van der Waals surface area contributed by atoms with E-state index in [1.54, 1.807) is 25.3 Å². The van der Waals surface area contributed by atoms with E-state index >= 15 is 0 Å². The third kappa shape index (κ3) is 4.87. The molecule has 0 spiro atoms. The summed E-state index contributed by atoms with van der Waals surface area (Å²) in [7, 11) is 1.55. The lowest BCUT2D eigenvalue weighted by molar-refractivity contribution is -0.116. The molecule has 1 N–H and O–H groups in total. The standard InChI is InChI=1S/C38H31NO4/c1-23-12-14-26(15-13-23)38(41)43-33-19-17-27(22-34(33)42-2)37-36-30(20-28(21-32(36)40)24-8-4-3-5-9-24)35-29-11-7-6-10-25(29)16-18-31(35)39-37/h3-19,22,28,37,39H,20-21H2,1-2H3/t28-,37-/m1/s1. The Morgan fingerprint density at radius 3 is 2.35 bits per heavy atom. The fourth-order valence-electron chi connectivity index (χ4n) is 6.45. The summed E-state index contributed by atoms with van der Waals surface area (Å²) in [6, 6.07) is 35.3. The Bertz CT molecular complexity index is 1910. The van der Waals surface area contributed by atoms with Gasteiger partial charge in [-0.2, -0.15) is 0 Å². The zero-order valence-corrected chi connectivity index (χ0v) is 24.1. The van der Waals surface area contributed by atoms with Crippen LogP contribution in [0.4, 0.5) is 5.69 Å². The summed E-state index contributed by atoms with van der Waals surface area (Å²) in [5, 5.41) is 5.97. The van der Waals surface area contributed by atoms with Gasteiger partial charge in [0.1, 0.15) is 0 Å². The lowest BCUT2D eigenvalue weighted by Gasteiger charge is -2.37. The third-order valence-corrected chi connectivity index (χ3v) is 8.61. The Morgan fingerprint density at radius 2 is 1.56 bits per heavy atom. The summed E-state index contributed by atoms with van der Waals surface area (Å²) >= 11 is 0. The predicted octanol–water partition coefficient (Wildman–Crippen LogP) is 8.44. The topological polar surface area (TPSA) is 64.6 Å². The van der Waals surface area contributed by atoms with Gasteiger partial charge in [-0.05, 0) is 77.1 Å². The molecule has 0 saturated heterocycles. The average Bonchev–Trinajstić information content (AvgIpc) is 3.04. The van der Waals surface area contributed by atoms with E-state index in [-0.39, 0.29) is 17.7 Å². The number of hydrogen-bond donors (Lipinski definition) is 1. The Morgan fingerprint density at radius 1 is 0.791 bits per heavy atom. The first kappa shape index (κ1) is 26.7. The van der Waals surface area contributed by atoms with Gasteiger partial charge in [-0.15, -0.1) is 0 Å². The van der Waals surface area contributed by atoms with E-state index in [2.05, 4.69) is 47.8 Å². The molecule has 0 saturated carbocycles. The quantitative estimate of drug-likeness (QED) is 0.171. The highest BCUT2D eigenvalue weighted by atomic mass is 16.6. The highest BCUT2D eigenvalue weighted by Gasteiger charge is 2.38. The monoisotopic (exact) mass is 565 g/mol. The van der Waals surface area contributed by atoms with E-state index in [1.807, 2.05) is 55.5 Å². The number of aryl methyl sites for hydroxylation is 1. The van der Waals surface area contributed by atoms with Crippen LogP contribution in [0.5, 0.6) is 11.5 Å². The van der Waals surface area contributed by atoms with E-state index in [0.717, 1.165) is 50.7 Å². The second kappa shape index (κ2) is 10.9. The fourth-order valence-corrected chi connectivity index (χ4v) is 6.45. The van der Waals surface area contributed by atoms with Crippen LogP contribution < -0.4 is 14.8 Å². The molecule has 43 heavy (non-hydrogen) atoms. The molecule has 1 aliphatic carbocycles. The summed E-state index contributed by atoms with van der Waals surface area (Å²) in [4.78, 5) is 27.0. The Balaban J connectivity index is 1.31. The van der Waals surface area contributed by atoms with Crippen LogP contribution in [-0.2, 0) is 4.79 Å². The van der Waals surface area contributed by atoms with Gasteiger partial charge in [0.25, 0.3) is 0 Å². The summed E-state index contributed by atoms with van der Waals surface area (Å²) in [5.74, 6) is 0.544. The fraction of sp³-hybridized carbons (Fsp3) is 0.158. The van der Waals surface area contributed by atoms with Crippen molar-refractivity contribution in [1.29, 1.82) is 0 Å². The molecular formula is C38H31NO4. The van der Waals surface area contributed by atoms with Crippen LogP contribution in [0.2, 0.25) is 0 Å². The van der Waals surface area contributed by atoms with Crippen LogP contribution in [0.3, 0.4) is 0 Å². The van der Waals surface area contributed by atoms with Crippen LogP contribution in [0.15, 0.2) is 115 Å². The van der Waals surface area contributed by atoms with Crippen molar-refractivity contribution in [3.8, 4) is 11.5 Å². The highest BCUT2D eigenvalue weighted by molar-refractivity contribution is 6.13. The lowest BCUT2D eigenvalue weighted by Crippen LogP contribution is -2.29. The summed E-state index contributed by atoms with van der Waals surface area (Å²) in [6.07, 6.45) is 1.22. The van der Waals surface area contributed by atoms with Crippen LogP contribution in [-0.4, -0.2) is 18.9 Å². The Labute approximate surface area is 250 Å². The van der Waals surface area contributed by atoms with Crippen molar-refractivity contribution in [2.75, 3.05) is 12.4 Å². The van der Waals surface area contributed by atoms with Gasteiger partial charge in [0.2, 0.25) is 0 Å². The van der Waals surface area contributed by atoms with Gasteiger partial charge in [0.05, 0.1) is 18.7 Å². The number of fused-ring (bicyclic) bond motifs is 4. The maximum Gasteiger partial charge on any atom is 0.343 e. The second-order valence-corrected chi connectivity index (χ2v) is 11.3. The van der Waals surface area contributed by atoms with E-state index in [1.165, 1.54) is 5.56 Å². The van der Waals surface area contributed by atoms with Gasteiger partial charge in [-0.1, -0.05) is 84.4 Å². The van der Waals surface area contributed by atoms with E-state index in [4.69, 9.17) is 9.47 Å². The molecule has 0 unspecified atom stereocenters. The molecule has 0 radical (unpaired) electrons. The van der Waals surface area contributed by atoms with Gasteiger partial charge in [0, 0.05) is 23.2 Å². The lowest BCUT2D eigenvalue weighted by atomic mass is 9.71. The minimum Gasteiger partial charge on any atom is -0.493 e. The van der Waals surface area contributed by atoms with Crippen LogP contribution in [0, 0.1) is 6.92 Å². The van der Waals surface area contributed by atoms with Crippen molar-refractivity contribution in [2.24, 2.45) is 0 Å². The molecule has 0 bridgehead atoms. The van der Waals surface area contributed by atoms with Crippen LogP contribution in [0.1, 0.15) is 57.4 Å². The number of nitrogens with one attached hydrogen (secondary N) is 1. The third-order valence-electron chi connectivity index (χ3n) is 8.61. The molecule has 0 fully saturated rings. The number of ketones is 1. The molecular weight excluding hydrogens is 534 g/mol. The molecule has 212 valence electrons. The van der Waals surface area contributed by atoms with Gasteiger partial charge in [0.15, 0.2) is 17.3 Å². The van der Waals surface area contributed by atoms with Gasteiger partial charge < -0.3 is 14.8 Å².